The summed E-state index contributed by atoms with van der Waals surface area (Å²) in [5.74, 6) is 0. The van der Waals surface area contributed by atoms with Gasteiger partial charge < -0.3 is 14.6 Å². The second-order valence-electron chi connectivity index (χ2n) is 9.27. The molecule has 31 heavy (non-hydrogen) atoms. The molecule has 0 aliphatic carbocycles. The normalized spacial score (nSPS) is 22.2. The molecular weight excluding hydrogens is 388 g/mol. The van der Waals surface area contributed by atoms with Gasteiger partial charge in [-0.05, 0) is 56.4 Å². The van der Waals surface area contributed by atoms with Gasteiger partial charge >= 0.3 is 6.09 Å². The first kappa shape index (κ1) is 20.1. The molecule has 6 heteroatoms. The first-order chi connectivity index (χ1) is 15.0. The minimum absolute atomic E-state index is 0.0450. The van der Waals surface area contributed by atoms with Gasteiger partial charge in [-0.15, -0.1) is 0 Å². The zero-order chi connectivity index (χ0) is 21.4. The number of rotatable bonds is 5. The lowest BCUT2D eigenvalue weighted by Gasteiger charge is -2.39. The number of piperidine rings is 1. The van der Waals surface area contributed by atoms with Crippen LogP contribution in [0.15, 0.2) is 54.9 Å². The van der Waals surface area contributed by atoms with E-state index in [1.54, 1.807) is 0 Å². The maximum Gasteiger partial charge on any atom is 0.411 e. The molecule has 162 valence electrons. The smallest absolute Gasteiger partial charge is 0.411 e. The highest BCUT2D eigenvalue weighted by molar-refractivity contribution is 5.75. The molecule has 4 heterocycles. The van der Waals surface area contributed by atoms with E-state index in [0.29, 0.717) is 0 Å². The van der Waals surface area contributed by atoms with Gasteiger partial charge in [0, 0.05) is 38.1 Å². The van der Waals surface area contributed by atoms with Gasteiger partial charge in [-0.25, -0.2) is 4.79 Å². The maximum atomic E-state index is 12.8. The molecule has 5 rings (SSSR count). The molecule has 2 saturated heterocycles. The summed E-state index contributed by atoms with van der Waals surface area (Å²) in [6, 6.07) is 14.7. The van der Waals surface area contributed by atoms with Crippen molar-refractivity contribution in [1.82, 2.24) is 19.8 Å². The van der Waals surface area contributed by atoms with E-state index in [0.717, 1.165) is 55.5 Å². The van der Waals surface area contributed by atoms with E-state index in [1.807, 2.05) is 55.4 Å². The minimum Gasteiger partial charge on any atom is -0.441 e. The van der Waals surface area contributed by atoms with E-state index in [9.17, 15) is 4.79 Å². The van der Waals surface area contributed by atoms with E-state index in [1.165, 1.54) is 5.56 Å². The molecule has 6 nitrogen and oxygen atoms in total. The van der Waals surface area contributed by atoms with Crippen molar-refractivity contribution in [3.05, 3.63) is 66.0 Å². The summed E-state index contributed by atoms with van der Waals surface area (Å²) >= 11 is 0. The number of likely N-dealkylation sites (tertiary alicyclic amines) is 1. The fourth-order valence-corrected chi connectivity index (χ4v) is 5.15. The summed E-state index contributed by atoms with van der Waals surface area (Å²) in [5, 5.41) is 0. The summed E-state index contributed by atoms with van der Waals surface area (Å²) in [5.41, 5.74) is 3.98. The number of benzene rings is 1. The van der Waals surface area contributed by atoms with Gasteiger partial charge in [0.15, 0.2) is 0 Å². The Bertz CT molecular complexity index is 1050. The maximum absolute atomic E-state index is 12.8. The van der Waals surface area contributed by atoms with Gasteiger partial charge in [0.1, 0.15) is 5.60 Å². The molecule has 0 spiro atoms. The number of aromatic amines is 1. The Morgan fingerprint density at radius 1 is 1.16 bits per heavy atom. The number of fused-ring (bicyclic) bond motifs is 1. The average Bonchev–Trinajstić information content (AvgIpc) is 3.33. The Labute approximate surface area is 183 Å². The van der Waals surface area contributed by atoms with Crippen molar-refractivity contribution < 1.29 is 9.53 Å². The Hall–Kier alpha value is -2.86. The van der Waals surface area contributed by atoms with Crippen LogP contribution in [-0.2, 0) is 11.2 Å². The molecule has 0 bridgehead atoms. The van der Waals surface area contributed by atoms with E-state index >= 15 is 0 Å². The molecule has 2 aromatic heterocycles. The van der Waals surface area contributed by atoms with E-state index in [4.69, 9.17) is 4.74 Å². The van der Waals surface area contributed by atoms with Crippen molar-refractivity contribution in [2.24, 2.45) is 0 Å². The van der Waals surface area contributed by atoms with E-state index < -0.39 is 5.60 Å². The van der Waals surface area contributed by atoms with Crippen LogP contribution < -0.4 is 0 Å². The van der Waals surface area contributed by atoms with E-state index in [2.05, 4.69) is 33.1 Å². The Kier molecular flexibility index (Phi) is 5.18. The van der Waals surface area contributed by atoms with Crippen molar-refractivity contribution in [1.29, 1.82) is 0 Å². The fourth-order valence-electron chi connectivity index (χ4n) is 5.15. The third kappa shape index (κ3) is 3.92. The highest BCUT2D eigenvalue weighted by atomic mass is 16.6. The van der Waals surface area contributed by atoms with Crippen LogP contribution >= 0.6 is 0 Å². The molecule has 3 aromatic rings. The summed E-state index contributed by atoms with van der Waals surface area (Å²) < 4.78 is 5.81. The summed E-state index contributed by atoms with van der Waals surface area (Å²) in [4.78, 5) is 25.1. The number of carbonyl (C=O) groups excluding carboxylic acids is 1. The van der Waals surface area contributed by atoms with Crippen LogP contribution in [0.2, 0.25) is 0 Å². The summed E-state index contributed by atoms with van der Waals surface area (Å²) in [6.07, 6.45) is 6.67. The number of nitrogens with one attached hydrogen (secondary N) is 1. The first-order valence-electron chi connectivity index (χ1n) is 11.2. The summed E-state index contributed by atoms with van der Waals surface area (Å²) in [7, 11) is 0. The topological polar surface area (TPSA) is 61.5 Å². The third-order valence-corrected chi connectivity index (χ3v) is 6.74. The number of hydrogen-bond donors (Lipinski definition) is 1. The van der Waals surface area contributed by atoms with Gasteiger partial charge in [-0.2, -0.15) is 0 Å². The quantitative estimate of drug-likeness (QED) is 0.661. The number of cyclic esters (lactones) is 1. The van der Waals surface area contributed by atoms with Gasteiger partial charge in [-0.1, -0.05) is 30.3 Å². The van der Waals surface area contributed by atoms with Crippen molar-refractivity contribution in [3.63, 3.8) is 0 Å². The molecule has 2 fully saturated rings. The molecule has 1 atom stereocenters. The number of ether oxygens (including phenoxy) is 1. The highest BCUT2D eigenvalue weighted by Gasteiger charge is 2.51. The molecule has 1 aromatic carbocycles. The van der Waals surface area contributed by atoms with E-state index in [-0.39, 0.29) is 18.2 Å². The molecule has 0 radical (unpaired) electrons. The largest absolute Gasteiger partial charge is 0.441 e. The lowest BCUT2D eigenvalue weighted by atomic mass is 9.89. The molecule has 0 saturated carbocycles. The van der Waals surface area contributed by atoms with Crippen molar-refractivity contribution in [3.8, 4) is 0 Å². The Morgan fingerprint density at radius 2 is 1.94 bits per heavy atom. The standard InChI is InChI=1S/C25H30N4O2/c1-25(2)23(19-6-4-3-5-7-19)29(24(30)31-25)20-10-14-28(15-11-20)13-9-18-16-22-21(27-17-18)8-12-26-22/h3-8,12,16-17,20,23,26H,9-11,13-15H2,1-2H3. The average molecular weight is 419 g/mol. The molecule has 2 aliphatic rings. The fraction of sp³-hybridized carbons (Fsp3) is 0.440. The second-order valence-corrected chi connectivity index (χ2v) is 9.27. The van der Waals surface area contributed by atoms with Crippen LogP contribution in [0.1, 0.15) is 43.9 Å². The second kappa shape index (κ2) is 8.00. The van der Waals surface area contributed by atoms with Gasteiger partial charge in [-0.3, -0.25) is 9.88 Å². The van der Waals surface area contributed by atoms with Crippen molar-refractivity contribution in [2.45, 2.75) is 50.8 Å². The number of H-pyrrole nitrogens is 1. The molecule has 2 aliphatic heterocycles. The number of carbonyl (C=O) groups is 1. The van der Waals surface area contributed by atoms with Crippen LogP contribution in [-0.4, -0.2) is 57.1 Å². The zero-order valence-electron chi connectivity index (χ0n) is 18.3. The van der Waals surface area contributed by atoms with Crippen LogP contribution in [0.4, 0.5) is 4.79 Å². The van der Waals surface area contributed by atoms with Gasteiger partial charge in [0.25, 0.3) is 0 Å². The Morgan fingerprint density at radius 3 is 2.71 bits per heavy atom. The van der Waals surface area contributed by atoms with Crippen LogP contribution in [0.25, 0.3) is 11.0 Å². The van der Waals surface area contributed by atoms with Crippen molar-refractivity contribution in [2.75, 3.05) is 19.6 Å². The van der Waals surface area contributed by atoms with Crippen LogP contribution in [0, 0.1) is 0 Å². The number of pyridine rings is 1. The van der Waals surface area contributed by atoms with Gasteiger partial charge in [0.05, 0.1) is 17.1 Å². The number of hydrogen-bond acceptors (Lipinski definition) is 4. The third-order valence-electron chi connectivity index (χ3n) is 6.74. The SMILES string of the molecule is CC1(C)OC(=O)N(C2CCN(CCc3cnc4cc[nH]c4c3)CC2)C1c1ccccc1. The van der Waals surface area contributed by atoms with Crippen molar-refractivity contribution >= 4 is 17.1 Å². The molecular formula is C25H30N4O2. The number of nitrogens with zero attached hydrogens (tertiary/aromatic N) is 3. The van der Waals surface area contributed by atoms with Gasteiger partial charge in [0.2, 0.25) is 0 Å². The number of aromatic nitrogens is 2. The zero-order valence-corrected chi connectivity index (χ0v) is 18.3. The predicted octanol–water partition coefficient (Wildman–Crippen LogP) is 4.54. The Balaban J connectivity index is 1.22. The predicted molar refractivity (Wildman–Crippen MR) is 121 cm³/mol. The monoisotopic (exact) mass is 418 g/mol. The molecule has 1 amide bonds. The lowest BCUT2D eigenvalue weighted by Crippen LogP contribution is -2.47. The lowest BCUT2D eigenvalue weighted by molar-refractivity contribution is 0.0654. The minimum atomic E-state index is -0.529. The summed E-state index contributed by atoms with van der Waals surface area (Å²) in [6.45, 7) is 7.04. The molecule has 1 unspecified atom stereocenters. The number of amides is 1. The first-order valence-corrected chi connectivity index (χ1v) is 11.2. The molecule has 1 N–H and O–H groups in total. The highest BCUT2D eigenvalue weighted by Crippen LogP contribution is 2.43. The van der Waals surface area contributed by atoms with Crippen LogP contribution in [0.5, 0.6) is 0 Å². The van der Waals surface area contributed by atoms with Crippen LogP contribution in [0.3, 0.4) is 0 Å².